The predicted octanol–water partition coefficient (Wildman–Crippen LogP) is 2.92. The molecule has 0 saturated carbocycles. The summed E-state index contributed by atoms with van der Waals surface area (Å²) in [7, 11) is 1.63. The van der Waals surface area contributed by atoms with Crippen molar-refractivity contribution in [2.45, 2.75) is 38.8 Å². The molecule has 0 radical (unpaired) electrons. The number of nitrogens with one attached hydrogen (secondary N) is 2. The number of aromatic amines is 1. The molecule has 0 spiro atoms. The molecular formula is C20H25N5O3. The molecule has 3 aromatic rings. The maximum atomic E-state index is 12.3. The van der Waals surface area contributed by atoms with Crippen molar-refractivity contribution < 1.29 is 14.3 Å². The lowest BCUT2D eigenvalue weighted by atomic mass is 10.1. The van der Waals surface area contributed by atoms with Crippen LogP contribution in [0.4, 0.5) is 0 Å². The van der Waals surface area contributed by atoms with Crippen LogP contribution < -0.4 is 10.1 Å². The molecule has 0 unspecified atom stereocenters. The van der Waals surface area contributed by atoms with Crippen molar-refractivity contribution in [1.29, 1.82) is 0 Å². The fourth-order valence-electron chi connectivity index (χ4n) is 3.53. The van der Waals surface area contributed by atoms with Crippen LogP contribution in [0.25, 0.3) is 22.2 Å². The van der Waals surface area contributed by atoms with E-state index in [0.717, 1.165) is 35.0 Å². The van der Waals surface area contributed by atoms with E-state index in [0.29, 0.717) is 24.8 Å². The molecule has 1 amide bonds. The molecule has 1 aliphatic rings. The Kier molecular flexibility index (Phi) is 5.04. The first kappa shape index (κ1) is 18.5. The van der Waals surface area contributed by atoms with Gasteiger partial charge in [0.15, 0.2) is 0 Å². The van der Waals surface area contributed by atoms with Gasteiger partial charge in [-0.2, -0.15) is 5.10 Å². The molecule has 4 rings (SSSR count). The molecule has 0 aromatic carbocycles. The average Bonchev–Trinajstić information content (AvgIpc) is 3.33. The number of carbonyl (C=O) groups excluding carboxylic acids is 1. The van der Waals surface area contributed by atoms with Gasteiger partial charge in [-0.05, 0) is 26.0 Å². The van der Waals surface area contributed by atoms with Crippen LogP contribution in [0.1, 0.15) is 43.2 Å². The second kappa shape index (κ2) is 7.63. The Balaban J connectivity index is 1.78. The second-order valence-electron chi connectivity index (χ2n) is 7.23. The first-order valence-electron chi connectivity index (χ1n) is 9.60. The summed E-state index contributed by atoms with van der Waals surface area (Å²) < 4.78 is 13.6. The van der Waals surface area contributed by atoms with E-state index in [2.05, 4.69) is 20.5 Å². The van der Waals surface area contributed by atoms with E-state index in [1.807, 2.05) is 36.7 Å². The molecule has 3 aromatic heterocycles. The maximum Gasteiger partial charge on any atom is 0.267 e. The lowest BCUT2D eigenvalue weighted by Crippen LogP contribution is -2.26. The lowest BCUT2D eigenvalue weighted by molar-refractivity contribution is 0.0244. The zero-order valence-electron chi connectivity index (χ0n) is 16.4. The molecular weight excluding hydrogens is 358 g/mol. The summed E-state index contributed by atoms with van der Waals surface area (Å²) in [6.45, 7) is 5.48. The van der Waals surface area contributed by atoms with Gasteiger partial charge in [0.05, 0.1) is 24.1 Å². The number of hydrogen-bond donors (Lipinski definition) is 2. The Labute approximate surface area is 163 Å². The quantitative estimate of drug-likeness (QED) is 0.706. The van der Waals surface area contributed by atoms with Gasteiger partial charge < -0.3 is 19.4 Å². The predicted molar refractivity (Wildman–Crippen MR) is 106 cm³/mol. The minimum atomic E-state index is -0.128. The maximum absolute atomic E-state index is 12.3. The third-order valence-electron chi connectivity index (χ3n) is 5.03. The second-order valence-corrected chi connectivity index (χ2v) is 7.23. The number of fused-ring (bicyclic) bond motifs is 1. The minimum absolute atomic E-state index is 0.0799. The van der Waals surface area contributed by atoms with E-state index >= 15 is 0 Å². The molecule has 8 nitrogen and oxygen atoms in total. The fourth-order valence-corrected chi connectivity index (χ4v) is 3.53. The number of rotatable bonds is 5. The number of aromatic nitrogens is 4. The van der Waals surface area contributed by atoms with Crippen LogP contribution in [0, 0.1) is 0 Å². The number of amides is 1. The molecule has 0 atom stereocenters. The van der Waals surface area contributed by atoms with Crippen molar-refractivity contribution in [1.82, 2.24) is 25.1 Å². The summed E-state index contributed by atoms with van der Waals surface area (Å²) in [6, 6.07) is 3.88. The van der Waals surface area contributed by atoms with Crippen LogP contribution in [-0.4, -0.2) is 52.0 Å². The van der Waals surface area contributed by atoms with E-state index in [-0.39, 0.29) is 18.1 Å². The van der Waals surface area contributed by atoms with Crippen molar-refractivity contribution in [2.75, 3.05) is 20.3 Å². The van der Waals surface area contributed by atoms with Gasteiger partial charge in [0.1, 0.15) is 17.5 Å². The smallest absolute Gasteiger partial charge is 0.267 e. The molecule has 28 heavy (non-hydrogen) atoms. The summed E-state index contributed by atoms with van der Waals surface area (Å²) in [5.41, 5.74) is 3.03. The average molecular weight is 383 g/mol. The van der Waals surface area contributed by atoms with Crippen LogP contribution in [0.5, 0.6) is 5.88 Å². The van der Waals surface area contributed by atoms with Crippen LogP contribution in [0.15, 0.2) is 24.5 Å². The molecule has 148 valence electrons. The molecule has 8 heteroatoms. The number of hydrogen-bond acceptors (Lipinski definition) is 5. The SMILES string of the molecule is CNC(=O)c1cc(-c2n[nH]c3ccnc(OC4CCOCC4)c23)cn1C(C)C. The first-order chi connectivity index (χ1) is 13.6. The highest BCUT2D eigenvalue weighted by Gasteiger charge is 2.22. The molecule has 0 bridgehead atoms. The number of carbonyl (C=O) groups is 1. The monoisotopic (exact) mass is 383 g/mol. The highest BCUT2D eigenvalue weighted by molar-refractivity contribution is 5.99. The van der Waals surface area contributed by atoms with E-state index in [4.69, 9.17) is 9.47 Å². The zero-order valence-corrected chi connectivity index (χ0v) is 16.4. The Morgan fingerprint density at radius 2 is 2.18 bits per heavy atom. The van der Waals surface area contributed by atoms with Gasteiger partial charge >= 0.3 is 0 Å². The molecule has 4 heterocycles. The van der Waals surface area contributed by atoms with Crippen molar-refractivity contribution >= 4 is 16.8 Å². The van der Waals surface area contributed by atoms with Crippen LogP contribution in [0.3, 0.4) is 0 Å². The highest BCUT2D eigenvalue weighted by Crippen LogP contribution is 2.34. The first-order valence-corrected chi connectivity index (χ1v) is 9.60. The van der Waals surface area contributed by atoms with Crippen molar-refractivity contribution in [3.63, 3.8) is 0 Å². The third-order valence-corrected chi connectivity index (χ3v) is 5.03. The van der Waals surface area contributed by atoms with Gasteiger partial charge in [0.2, 0.25) is 5.88 Å². The molecule has 1 fully saturated rings. The van der Waals surface area contributed by atoms with Crippen LogP contribution in [-0.2, 0) is 4.74 Å². The van der Waals surface area contributed by atoms with Crippen LogP contribution >= 0.6 is 0 Å². The van der Waals surface area contributed by atoms with Gasteiger partial charge in [-0.15, -0.1) is 0 Å². The molecule has 1 saturated heterocycles. The van der Waals surface area contributed by atoms with Gasteiger partial charge in [-0.3, -0.25) is 9.89 Å². The van der Waals surface area contributed by atoms with Gasteiger partial charge in [0.25, 0.3) is 5.91 Å². The summed E-state index contributed by atoms with van der Waals surface area (Å²) >= 11 is 0. The van der Waals surface area contributed by atoms with E-state index in [1.54, 1.807) is 13.2 Å². The Morgan fingerprint density at radius 1 is 1.39 bits per heavy atom. The zero-order chi connectivity index (χ0) is 19.7. The lowest BCUT2D eigenvalue weighted by Gasteiger charge is -2.23. The minimum Gasteiger partial charge on any atom is -0.474 e. The normalized spacial score (nSPS) is 15.3. The number of nitrogens with zero attached hydrogens (tertiary/aromatic N) is 3. The fraction of sp³-hybridized carbons (Fsp3) is 0.450. The summed E-state index contributed by atoms with van der Waals surface area (Å²) in [4.78, 5) is 16.8. The molecule has 0 aliphatic carbocycles. The van der Waals surface area contributed by atoms with E-state index in [9.17, 15) is 4.79 Å². The van der Waals surface area contributed by atoms with Crippen molar-refractivity contribution in [2.24, 2.45) is 0 Å². The number of pyridine rings is 1. The Bertz CT molecular complexity index is 985. The largest absolute Gasteiger partial charge is 0.474 e. The summed E-state index contributed by atoms with van der Waals surface area (Å²) in [5.74, 6) is 0.434. The Hall–Kier alpha value is -2.87. The standard InChI is InChI=1S/C20H25N5O3/c1-12(2)25-11-13(10-16(25)19(26)21-3)18-17-15(23-24-18)4-7-22-20(17)28-14-5-8-27-9-6-14/h4,7,10-12,14H,5-6,8-9H2,1-3H3,(H,21,26)(H,23,24). The third kappa shape index (κ3) is 3.35. The van der Waals surface area contributed by atoms with E-state index in [1.165, 1.54) is 0 Å². The number of ether oxygens (including phenoxy) is 2. The van der Waals surface area contributed by atoms with Gasteiger partial charge in [0, 0.05) is 43.9 Å². The van der Waals surface area contributed by atoms with Crippen molar-refractivity contribution in [3.05, 3.63) is 30.2 Å². The van der Waals surface area contributed by atoms with Crippen LogP contribution in [0.2, 0.25) is 0 Å². The summed E-state index contributed by atoms with van der Waals surface area (Å²) in [6.07, 6.45) is 5.44. The molecule has 2 N–H and O–H groups in total. The number of H-pyrrole nitrogens is 1. The van der Waals surface area contributed by atoms with Crippen molar-refractivity contribution in [3.8, 4) is 17.1 Å². The van der Waals surface area contributed by atoms with Gasteiger partial charge in [-0.25, -0.2) is 4.98 Å². The highest BCUT2D eigenvalue weighted by atomic mass is 16.5. The summed E-state index contributed by atoms with van der Waals surface area (Å²) in [5, 5.41) is 11.1. The Morgan fingerprint density at radius 3 is 2.89 bits per heavy atom. The topological polar surface area (TPSA) is 94.1 Å². The van der Waals surface area contributed by atoms with E-state index < -0.39 is 0 Å². The molecule has 1 aliphatic heterocycles. The van der Waals surface area contributed by atoms with Gasteiger partial charge in [-0.1, -0.05) is 0 Å².